The summed E-state index contributed by atoms with van der Waals surface area (Å²) in [7, 11) is 0. The van der Waals surface area contributed by atoms with Gasteiger partial charge in [0.2, 0.25) is 0 Å². The minimum Gasteiger partial charge on any atom is -0.491 e. The normalized spacial score (nSPS) is 18.0. The van der Waals surface area contributed by atoms with Crippen molar-refractivity contribution in [1.29, 1.82) is 0 Å². The van der Waals surface area contributed by atoms with Crippen LogP contribution in [0.5, 0.6) is 11.5 Å². The maximum absolute atomic E-state index is 9.69. The molecule has 4 heteroatoms. The van der Waals surface area contributed by atoms with Crippen LogP contribution in [0.4, 0.5) is 0 Å². The molecule has 0 aromatic heterocycles. The van der Waals surface area contributed by atoms with Gasteiger partial charge in [-0.1, -0.05) is 111 Å². The van der Waals surface area contributed by atoms with Crippen LogP contribution in [0.2, 0.25) is 0 Å². The highest BCUT2D eigenvalue weighted by Crippen LogP contribution is 2.53. The van der Waals surface area contributed by atoms with E-state index < -0.39 is 5.41 Å². The lowest BCUT2D eigenvalue weighted by Gasteiger charge is -2.41. The average molecular weight is 641 g/mol. The summed E-state index contributed by atoms with van der Waals surface area (Å²) < 4.78 is 12.5. The molecule has 248 valence electrons. The molecule has 2 fully saturated rings. The zero-order valence-corrected chi connectivity index (χ0v) is 28.1. The summed E-state index contributed by atoms with van der Waals surface area (Å²) in [6.45, 7) is 0.623. The minimum absolute atomic E-state index is 0.00717. The summed E-state index contributed by atoms with van der Waals surface area (Å²) >= 11 is 0. The van der Waals surface area contributed by atoms with E-state index in [1.165, 1.54) is 119 Å². The van der Waals surface area contributed by atoms with Crippen LogP contribution in [-0.4, -0.2) is 36.6 Å². The molecule has 0 atom stereocenters. The molecule has 0 aliphatic heterocycles. The molecule has 2 saturated carbocycles. The first-order valence-corrected chi connectivity index (χ1v) is 18.4. The zero-order valence-electron chi connectivity index (χ0n) is 28.1. The predicted octanol–water partition coefficient (Wildman–Crippen LogP) is 9.72. The van der Waals surface area contributed by atoms with Crippen molar-refractivity contribution in [2.45, 2.75) is 87.9 Å². The molecule has 0 bridgehead atoms. The zero-order chi connectivity index (χ0) is 32.5. The predicted molar refractivity (Wildman–Crippen MR) is 195 cm³/mol. The van der Waals surface area contributed by atoms with Crippen molar-refractivity contribution in [2.24, 2.45) is 0 Å². The Morgan fingerprint density at radius 3 is 1.62 bits per heavy atom. The second kappa shape index (κ2) is 13.6. The Bertz CT molecular complexity index is 1840. The van der Waals surface area contributed by atoms with E-state index in [0.29, 0.717) is 25.0 Å². The lowest BCUT2D eigenvalue weighted by Crippen LogP contribution is -2.35. The first-order valence-electron chi connectivity index (χ1n) is 18.4. The van der Waals surface area contributed by atoms with E-state index in [-0.39, 0.29) is 13.2 Å². The van der Waals surface area contributed by atoms with Crippen LogP contribution in [0, 0.1) is 0 Å². The maximum Gasteiger partial charge on any atom is 0.122 e. The minimum atomic E-state index is -0.431. The number of rotatable bonds is 10. The van der Waals surface area contributed by atoms with Gasteiger partial charge in [-0.05, 0) is 111 Å². The highest BCUT2D eigenvalue weighted by Gasteiger charge is 2.42. The number of ether oxygens (including phenoxy) is 2. The molecule has 0 spiro atoms. The Kier molecular flexibility index (Phi) is 8.88. The number of hydrogen-bond acceptors (Lipinski definition) is 4. The largest absolute Gasteiger partial charge is 0.491 e. The van der Waals surface area contributed by atoms with Crippen LogP contribution >= 0.6 is 0 Å². The Morgan fingerprint density at radius 1 is 0.562 bits per heavy atom. The van der Waals surface area contributed by atoms with Gasteiger partial charge in [0.05, 0.1) is 13.2 Å². The Hall–Kier alpha value is -3.86. The van der Waals surface area contributed by atoms with Crippen LogP contribution in [0.25, 0.3) is 21.5 Å². The summed E-state index contributed by atoms with van der Waals surface area (Å²) in [6, 6.07) is 32.2. The van der Waals surface area contributed by atoms with Gasteiger partial charge in [-0.3, -0.25) is 0 Å². The van der Waals surface area contributed by atoms with Gasteiger partial charge in [0.25, 0.3) is 0 Å². The maximum atomic E-state index is 9.69. The van der Waals surface area contributed by atoms with Gasteiger partial charge in [0, 0.05) is 5.41 Å². The van der Waals surface area contributed by atoms with Gasteiger partial charge in [-0.2, -0.15) is 0 Å². The summed E-state index contributed by atoms with van der Waals surface area (Å²) in [4.78, 5) is 0. The van der Waals surface area contributed by atoms with Gasteiger partial charge in [0.1, 0.15) is 24.7 Å². The van der Waals surface area contributed by atoms with Crippen molar-refractivity contribution < 1.29 is 19.7 Å². The van der Waals surface area contributed by atoms with E-state index in [0.717, 1.165) is 17.9 Å². The van der Waals surface area contributed by atoms with Crippen molar-refractivity contribution in [3.63, 3.8) is 0 Å². The highest BCUT2D eigenvalue weighted by molar-refractivity contribution is 6.12. The Morgan fingerprint density at radius 2 is 1.08 bits per heavy atom. The molecular weight excluding hydrogens is 592 g/mol. The van der Waals surface area contributed by atoms with Crippen LogP contribution in [0.1, 0.15) is 109 Å². The fraction of sp³-hybridized carbons (Fsp3) is 0.409. The SMILES string of the molecule is OCCOc1ccc(C2(c3ccc(OCCO)c(C4CCCCC4)c3)Cc3cccc4ccc5cccc2c5c34)cc1C1CCCCC1. The number of hydrogen-bond donors (Lipinski definition) is 2. The third-order valence-electron chi connectivity index (χ3n) is 11.7. The molecule has 3 aliphatic carbocycles. The van der Waals surface area contributed by atoms with Crippen molar-refractivity contribution in [2.75, 3.05) is 26.4 Å². The molecular formula is C44H48O4. The van der Waals surface area contributed by atoms with E-state index in [1.807, 2.05) is 0 Å². The van der Waals surface area contributed by atoms with Crippen molar-refractivity contribution >= 4 is 21.5 Å². The first-order chi connectivity index (χ1) is 23.7. The molecule has 4 nitrogen and oxygen atoms in total. The van der Waals surface area contributed by atoms with Gasteiger partial charge in [-0.25, -0.2) is 0 Å². The summed E-state index contributed by atoms with van der Waals surface area (Å²) in [5.74, 6) is 2.74. The lowest BCUT2D eigenvalue weighted by atomic mass is 9.61. The first kappa shape index (κ1) is 31.4. The fourth-order valence-electron chi connectivity index (χ4n) is 9.46. The smallest absolute Gasteiger partial charge is 0.122 e. The summed E-state index contributed by atoms with van der Waals surface area (Å²) in [5, 5.41) is 24.7. The molecule has 0 radical (unpaired) electrons. The number of aliphatic hydroxyl groups is 2. The molecule has 5 aromatic carbocycles. The number of aliphatic hydroxyl groups excluding tert-OH is 2. The molecule has 0 heterocycles. The average Bonchev–Trinajstić information content (AvgIpc) is 3.16. The van der Waals surface area contributed by atoms with Gasteiger partial charge >= 0.3 is 0 Å². The van der Waals surface area contributed by atoms with Gasteiger partial charge in [0.15, 0.2) is 0 Å². The standard InChI is InChI=1S/C44H48O4/c45-23-25-47-40-21-19-35(27-37(40)30-9-3-1-4-10-30)44(36-20-22-41(48-26-24-46)38(28-36)31-11-5-2-6-12-31)29-34-15-7-13-32-17-18-33-14-8-16-39(44)43(33)42(32)34/h7-8,13-22,27-28,30-31,45-46H,1-6,9-12,23-26,29H2. The van der Waals surface area contributed by atoms with Crippen LogP contribution in [0.3, 0.4) is 0 Å². The van der Waals surface area contributed by atoms with Crippen LogP contribution in [0.15, 0.2) is 84.9 Å². The van der Waals surface area contributed by atoms with Crippen molar-refractivity contribution in [3.05, 3.63) is 118 Å². The molecule has 3 aliphatic rings. The Labute approximate surface area is 284 Å². The van der Waals surface area contributed by atoms with E-state index in [1.54, 1.807) is 0 Å². The van der Waals surface area contributed by atoms with Crippen molar-refractivity contribution in [3.8, 4) is 11.5 Å². The topological polar surface area (TPSA) is 58.9 Å². The quantitative estimate of drug-likeness (QED) is 0.149. The molecule has 0 amide bonds. The third-order valence-corrected chi connectivity index (χ3v) is 11.7. The summed E-state index contributed by atoms with van der Waals surface area (Å²) in [5.41, 5.74) is 7.51. The molecule has 5 aromatic rings. The fourth-order valence-corrected chi connectivity index (χ4v) is 9.46. The van der Waals surface area contributed by atoms with E-state index >= 15 is 0 Å². The highest BCUT2D eigenvalue weighted by atomic mass is 16.5. The second-order valence-electron chi connectivity index (χ2n) is 14.4. The van der Waals surface area contributed by atoms with Crippen LogP contribution < -0.4 is 9.47 Å². The van der Waals surface area contributed by atoms with E-state index in [2.05, 4.69) is 84.9 Å². The molecule has 0 saturated heterocycles. The molecule has 48 heavy (non-hydrogen) atoms. The van der Waals surface area contributed by atoms with Crippen LogP contribution in [-0.2, 0) is 11.8 Å². The van der Waals surface area contributed by atoms with Crippen molar-refractivity contribution in [1.82, 2.24) is 0 Å². The lowest BCUT2D eigenvalue weighted by molar-refractivity contribution is 0.199. The number of benzene rings is 5. The molecule has 2 N–H and O–H groups in total. The third kappa shape index (κ3) is 5.47. The van der Waals surface area contributed by atoms with E-state index in [4.69, 9.17) is 9.47 Å². The monoisotopic (exact) mass is 640 g/mol. The summed E-state index contributed by atoms with van der Waals surface area (Å²) in [6.07, 6.45) is 13.1. The van der Waals surface area contributed by atoms with Gasteiger partial charge in [-0.15, -0.1) is 0 Å². The second-order valence-corrected chi connectivity index (χ2v) is 14.4. The molecule has 8 rings (SSSR count). The van der Waals surface area contributed by atoms with E-state index in [9.17, 15) is 10.2 Å². The molecule has 0 unspecified atom stereocenters. The Balaban J connectivity index is 1.41. The van der Waals surface area contributed by atoms with Gasteiger partial charge < -0.3 is 19.7 Å².